The Morgan fingerprint density at radius 2 is 2.03 bits per heavy atom. The van der Waals surface area contributed by atoms with Crippen molar-refractivity contribution in [2.24, 2.45) is 4.99 Å². The van der Waals surface area contributed by atoms with Crippen LogP contribution in [0.3, 0.4) is 0 Å². The van der Waals surface area contributed by atoms with Crippen LogP contribution in [0.5, 0.6) is 5.75 Å². The Hall–Kier alpha value is -3.85. The Kier molecular flexibility index (Phi) is 5.59. The van der Waals surface area contributed by atoms with Crippen LogP contribution >= 0.6 is 11.8 Å². The molecule has 0 radical (unpaired) electrons. The molecule has 1 aliphatic rings. The van der Waals surface area contributed by atoms with E-state index in [1.54, 1.807) is 37.5 Å². The summed E-state index contributed by atoms with van der Waals surface area (Å²) in [6.07, 6.45) is 1.61. The molecule has 0 saturated carbocycles. The normalized spacial score (nSPS) is 16.0. The number of aliphatic imine (C=N–C) groups is 1. The van der Waals surface area contributed by atoms with Gasteiger partial charge in [0, 0.05) is 23.8 Å². The van der Waals surface area contributed by atoms with E-state index in [0.29, 0.717) is 38.6 Å². The number of nitro benzene ring substituents is 1. The summed E-state index contributed by atoms with van der Waals surface area (Å²) in [5, 5.41) is 14.1. The predicted octanol–water partition coefficient (Wildman–Crippen LogP) is 5.06. The second-order valence-corrected chi connectivity index (χ2v) is 7.70. The fraction of sp³-hybridized carbons (Fsp3) is 0.0909. The number of furan rings is 1. The first kappa shape index (κ1) is 20.4. The third-order valence-corrected chi connectivity index (χ3v) is 5.36. The van der Waals surface area contributed by atoms with Gasteiger partial charge in [-0.15, -0.1) is 0 Å². The van der Waals surface area contributed by atoms with E-state index in [2.05, 4.69) is 10.3 Å². The van der Waals surface area contributed by atoms with Crippen molar-refractivity contribution in [3.63, 3.8) is 0 Å². The lowest BCUT2D eigenvalue weighted by Gasteiger charge is -2.05. The van der Waals surface area contributed by atoms with Crippen LogP contribution in [-0.2, 0) is 4.79 Å². The number of non-ortho nitro benzene ring substituents is 1. The molecular formula is C22H17N3O5S. The van der Waals surface area contributed by atoms with E-state index in [1.807, 2.05) is 25.1 Å². The lowest BCUT2D eigenvalue weighted by molar-refractivity contribution is -0.384. The molecule has 0 spiro atoms. The molecule has 0 atom stereocenters. The number of nitro groups is 1. The van der Waals surface area contributed by atoms with Gasteiger partial charge in [-0.05, 0) is 48.5 Å². The van der Waals surface area contributed by atoms with Gasteiger partial charge in [0.05, 0.1) is 16.9 Å². The van der Waals surface area contributed by atoms with Gasteiger partial charge in [-0.25, -0.2) is 4.99 Å². The zero-order valence-electron chi connectivity index (χ0n) is 16.6. The number of amidine groups is 1. The van der Waals surface area contributed by atoms with E-state index in [-0.39, 0.29) is 11.6 Å². The fourth-order valence-corrected chi connectivity index (χ4v) is 3.78. The number of methoxy groups -OCH3 is 1. The molecule has 1 saturated heterocycles. The van der Waals surface area contributed by atoms with Gasteiger partial charge in [-0.2, -0.15) is 0 Å². The maximum atomic E-state index is 12.4. The lowest BCUT2D eigenvalue weighted by Crippen LogP contribution is -2.19. The second kappa shape index (κ2) is 8.49. The zero-order chi connectivity index (χ0) is 22.0. The average molecular weight is 435 g/mol. The fourth-order valence-electron chi connectivity index (χ4n) is 2.96. The van der Waals surface area contributed by atoms with Crippen LogP contribution in [0.1, 0.15) is 11.3 Å². The van der Waals surface area contributed by atoms with Gasteiger partial charge >= 0.3 is 0 Å². The summed E-state index contributed by atoms with van der Waals surface area (Å²) < 4.78 is 11.1. The van der Waals surface area contributed by atoms with Crippen LogP contribution in [0.4, 0.5) is 11.4 Å². The summed E-state index contributed by atoms with van der Waals surface area (Å²) in [5.74, 6) is 1.24. The number of carbonyl (C=O) groups is 1. The molecule has 1 aromatic heterocycles. The smallest absolute Gasteiger partial charge is 0.270 e. The Bertz CT molecular complexity index is 1250. The largest absolute Gasteiger partial charge is 0.494 e. The van der Waals surface area contributed by atoms with Crippen molar-refractivity contribution >= 4 is 40.3 Å². The second-order valence-electron chi connectivity index (χ2n) is 6.67. The van der Waals surface area contributed by atoms with Crippen molar-refractivity contribution in [1.82, 2.24) is 5.32 Å². The molecular weight excluding hydrogens is 418 g/mol. The summed E-state index contributed by atoms with van der Waals surface area (Å²) in [6, 6.07) is 15.2. The van der Waals surface area contributed by atoms with Crippen molar-refractivity contribution in [2.75, 3.05) is 7.11 Å². The number of hydrogen-bond acceptors (Lipinski definition) is 7. The van der Waals surface area contributed by atoms with E-state index in [1.165, 1.54) is 23.9 Å². The number of benzene rings is 2. The molecule has 9 heteroatoms. The number of thioether (sulfide) groups is 1. The molecule has 2 heterocycles. The molecule has 0 unspecified atom stereocenters. The SMILES string of the molecule is COc1ccc(C)cc1N=C1NC(=O)/C(=C/c2ccc(-c3cccc([N+](=O)[O-])c3)o2)S1. The third-order valence-electron chi connectivity index (χ3n) is 4.45. The van der Waals surface area contributed by atoms with Gasteiger partial charge < -0.3 is 14.5 Å². The van der Waals surface area contributed by atoms with Gasteiger partial charge in [0.1, 0.15) is 23.0 Å². The molecule has 31 heavy (non-hydrogen) atoms. The van der Waals surface area contributed by atoms with Crippen LogP contribution in [0.2, 0.25) is 0 Å². The first-order chi connectivity index (χ1) is 14.9. The van der Waals surface area contributed by atoms with Gasteiger partial charge in [-0.3, -0.25) is 14.9 Å². The molecule has 0 aliphatic carbocycles. The van der Waals surface area contributed by atoms with Crippen molar-refractivity contribution in [1.29, 1.82) is 0 Å². The van der Waals surface area contributed by atoms with Gasteiger partial charge in [-0.1, -0.05) is 18.2 Å². The molecule has 0 bridgehead atoms. The zero-order valence-corrected chi connectivity index (χ0v) is 17.4. The minimum atomic E-state index is -0.459. The van der Waals surface area contributed by atoms with Crippen LogP contribution < -0.4 is 10.1 Å². The number of amides is 1. The standard InChI is InChI=1S/C22H17N3O5S/c1-13-6-8-19(29-2)17(10-13)23-22-24-21(26)20(31-22)12-16-7-9-18(30-16)14-4-3-5-15(11-14)25(27)28/h3-12H,1-2H3,(H,23,24,26)/b20-12-. The highest BCUT2D eigenvalue weighted by Gasteiger charge is 2.25. The maximum absolute atomic E-state index is 12.4. The summed E-state index contributed by atoms with van der Waals surface area (Å²) in [6.45, 7) is 1.95. The van der Waals surface area contributed by atoms with Gasteiger partial charge in [0.15, 0.2) is 5.17 Å². The summed E-state index contributed by atoms with van der Waals surface area (Å²) in [7, 11) is 1.57. The van der Waals surface area contributed by atoms with Crippen molar-refractivity contribution in [3.05, 3.63) is 80.9 Å². The molecule has 1 N–H and O–H groups in total. The van der Waals surface area contributed by atoms with Crippen LogP contribution in [-0.4, -0.2) is 23.1 Å². The highest BCUT2D eigenvalue weighted by atomic mass is 32.2. The molecule has 4 rings (SSSR count). The van der Waals surface area contributed by atoms with Gasteiger partial charge in [0.25, 0.3) is 11.6 Å². The molecule has 1 amide bonds. The Balaban J connectivity index is 1.57. The Morgan fingerprint density at radius 1 is 1.19 bits per heavy atom. The number of nitrogens with one attached hydrogen (secondary N) is 1. The number of carbonyl (C=O) groups excluding carboxylic acids is 1. The van der Waals surface area contributed by atoms with E-state index < -0.39 is 4.92 Å². The van der Waals surface area contributed by atoms with E-state index in [0.717, 1.165) is 5.56 Å². The monoisotopic (exact) mass is 435 g/mol. The predicted molar refractivity (Wildman–Crippen MR) is 119 cm³/mol. The van der Waals surface area contributed by atoms with E-state index in [4.69, 9.17) is 9.15 Å². The lowest BCUT2D eigenvalue weighted by atomic mass is 10.1. The number of rotatable bonds is 5. The van der Waals surface area contributed by atoms with Crippen molar-refractivity contribution in [3.8, 4) is 17.1 Å². The van der Waals surface area contributed by atoms with Crippen LogP contribution in [0.25, 0.3) is 17.4 Å². The number of hydrogen-bond donors (Lipinski definition) is 1. The number of ether oxygens (including phenoxy) is 1. The average Bonchev–Trinajstić information content (AvgIpc) is 3.35. The molecule has 8 nitrogen and oxygen atoms in total. The molecule has 3 aromatic rings. The first-order valence-corrected chi connectivity index (χ1v) is 10.0. The number of aryl methyl sites for hydroxylation is 1. The Morgan fingerprint density at radius 3 is 2.81 bits per heavy atom. The summed E-state index contributed by atoms with van der Waals surface area (Å²) >= 11 is 1.19. The Labute approximate surface area is 181 Å². The summed E-state index contributed by atoms with van der Waals surface area (Å²) in [5.41, 5.74) is 2.20. The first-order valence-electron chi connectivity index (χ1n) is 9.22. The van der Waals surface area contributed by atoms with E-state index in [9.17, 15) is 14.9 Å². The quantitative estimate of drug-likeness (QED) is 0.341. The highest BCUT2D eigenvalue weighted by molar-refractivity contribution is 8.18. The molecule has 156 valence electrons. The van der Waals surface area contributed by atoms with Crippen LogP contribution in [0.15, 0.2) is 68.9 Å². The topological polar surface area (TPSA) is 107 Å². The minimum absolute atomic E-state index is 0.0213. The van der Waals surface area contributed by atoms with Crippen molar-refractivity contribution < 1.29 is 18.9 Å². The highest BCUT2D eigenvalue weighted by Crippen LogP contribution is 2.33. The molecule has 1 fully saturated rings. The molecule has 1 aliphatic heterocycles. The summed E-state index contributed by atoms with van der Waals surface area (Å²) in [4.78, 5) is 27.8. The van der Waals surface area contributed by atoms with Gasteiger partial charge in [0.2, 0.25) is 0 Å². The molecule has 2 aromatic carbocycles. The van der Waals surface area contributed by atoms with Crippen LogP contribution in [0, 0.1) is 17.0 Å². The van der Waals surface area contributed by atoms with Crippen molar-refractivity contribution in [2.45, 2.75) is 6.92 Å². The maximum Gasteiger partial charge on any atom is 0.270 e. The van der Waals surface area contributed by atoms with E-state index >= 15 is 0 Å². The number of nitrogens with zero attached hydrogens (tertiary/aromatic N) is 2. The third kappa shape index (κ3) is 4.51. The minimum Gasteiger partial charge on any atom is -0.494 e.